The van der Waals surface area contributed by atoms with Crippen molar-refractivity contribution in [1.82, 2.24) is 4.72 Å². The van der Waals surface area contributed by atoms with Gasteiger partial charge in [0.25, 0.3) is 0 Å². The van der Waals surface area contributed by atoms with Gasteiger partial charge in [0.1, 0.15) is 0 Å². The lowest BCUT2D eigenvalue weighted by Crippen LogP contribution is -2.40. The van der Waals surface area contributed by atoms with Gasteiger partial charge in [0.15, 0.2) is 0 Å². The molecule has 30 heavy (non-hydrogen) atoms. The van der Waals surface area contributed by atoms with Crippen LogP contribution in [0.4, 0.5) is 11.4 Å². The zero-order valence-electron chi connectivity index (χ0n) is 17.4. The van der Waals surface area contributed by atoms with E-state index in [0.29, 0.717) is 18.5 Å². The van der Waals surface area contributed by atoms with Crippen LogP contribution in [-0.4, -0.2) is 25.8 Å². The van der Waals surface area contributed by atoms with Gasteiger partial charge < -0.3 is 10.6 Å². The minimum absolute atomic E-state index is 0.0807. The topological polar surface area (TPSA) is 104 Å². The lowest BCUT2D eigenvalue weighted by molar-refractivity contribution is -0.121. The Bertz CT molecular complexity index is 1060. The maximum absolute atomic E-state index is 12.5. The van der Waals surface area contributed by atoms with Crippen LogP contribution in [0.15, 0.2) is 53.4 Å². The van der Waals surface area contributed by atoms with Crippen LogP contribution in [0.3, 0.4) is 0 Å². The summed E-state index contributed by atoms with van der Waals surface area (Å²) in [6, 6.07) is 13.8. The summed E-state index contributed by atoms with van der Waals surface area (Å²) < 4.78 is 27.6. The average molecular weight is 430 g/mol. The highest BCUT2D eigenvalue weighted by Gasteiger charge is 2.26. The molecule has 3 rings (SSSR count). The minimum Gasteiger partial charge on any atom is -0.326 e. The number of carbonyl (C=O) groups is 2. The number of rotatable bonds is 6. The first-order valence-electron chi connectivity index (χ1n) is 9.86. The van der Waals surface area contributed by atoms with Crippen molar-refractivity contribution in [2.24, 2.45) is 5.92 Å². The Morgan fingerprint density at radius 2 is 1.87 bits per heavy atom. The third-order valence-corrected chi connectivity index (χ3v) is 6.46. The van der Waals surface area contributed by atoms with Gasteiger partial charge in [-0.1, -0.05) is 24.3 Å². The van der Waals surface area contributed by atoms with E-state index in [1.807, 2.05) is 24.3 Å². The second-order valence-corrected chi connectivity index (χ2v) is 10.2. The van der Waals surface area contributed by atoms with Gasteiger partial charge in [0.05, 0.1) is 4.90 Å². The molecule has 3 N–H and O–H groups in total. The predicted octanol–water partition coefficient (Wildman–Crippen LogP) is 3.29. The highest BCUT2D eigenvalue weighted by molar-refractivity contribution is 7.89. The molecule has 0 unspecified atom stereocenters. The Hall–Kier alpha value is -2.71. The van der Waals surface area contributed by atoms with Gasteiger partial charge in [-0.25, -0.2) is 13.1 Å². The predicted molar refractivity (Wildman–Crippen MR) is 117 cm³/mol. The first kappa shape index (κ1) is 22.0. The third kappa shape index (κ3) is 5.67. The molecule has 0 radical (unpaired) electrons. The molecule has 0 saturated heterocycles. The van der Waals surface area contributed by atoms with Crippen molar-refractivity contribution in [2.75, 3.05) is 10.6 Å². The molecule has 0 aliphatic carbocycles. The van der Waals surface area contributed by atoms with E-state index < -0.39 is 15.6 Å². The fourth-order valence-electron chi connectivity index (χ4n) is 3.38. The second-order valence-electron chi connectivity index (χ2n) is 8.52. The summed E-state index contributed by atoms with van der Waals surface area (Å²) in [4.78, 5) is 24.8. The van der Waals surface area contributed by atoms with Crippen LogP contribution in [0.25, 0.3) is 0 Å². The highest BCUT2D eigenvalue weighted by atomic mass is 32.2. The number of carbonyl (C=O) groups excluding carboxylic acids is 2. The average Bonchev–Trinajstić information content (AvgIpc) is 2.64. The number of hydrogen-bond acceptors (Lipinski definition) is 4. The Morgan fingerprint density at radius 3 is 2.60 bits per heavy atom. The van der Waals surface area contributed by atoms with Gasteiger partial charge in [-0.15, -0.1) is 0 Å². The first-order valence-corrected chi connectivity index (χ1v) is 11.3. The van der Waals surface area contributed by atoms with Gasteiger partial charge in [-0.05, 0) is 63.4 Å². The Balaban J connectivity index is 1.60. The standard InChI is InChI=1S/C22H27N3O4S/c1-22(2,3)25-30(28,29)18-9-6-8-17(14-18)23-20(26)12-11-16-13-15-7-4-5-10-19(15)24-21(16)27/h4-10,14,16,25H,11-13H2,1-3H3,(H,23,26)(H,24,27)/t16-/m1/s1. The zero-order valence-corrected chi connectivity index (χ0v) is 18.2. The molecule has 0 bridgehead atoms. The van der Waals surface area contributed by atoms with E-state index in [9.17, 15) is 18.0 Å². The number of nitrogens with one attached hydrogen (secondary N) is 3. The SMILES string of the molecule is CC(C)(C)NS(=O)(=O)c1cccc(NC(=O)CC[C@@H]2Cc3ccccc3NC2=O)c1. The summed E-state index contributed by atoms with van der Waals surface area (Å²) in [5, 5.41) is 5.61. The molecule has 1 heterocycles. The number of fused-ring (bicyclic) bond motifs is 1. The molecule has 2 aromatic carbocycles. The van der Waals surface area contributed by atoms with Crippen molar-refractivity contribution in [3.63, 3.8) is 0 Å². The van der Waals surface area contributed by atoms with Crippen LogP contribution in [-0.2, 0) is 26.0 Å². The van der Waals surface area contributed by atoms with Crippen LogP contribution >= 0.6 is 0 Å². The van der Waals surface area contributed by atoms with E-state index in [4.69, 9.17) is 0 Å². The van der Waals surface area contributed by atoms with Gasteiger partial charge in [-0.3, -0.25) is 9.59 Å². The fraction of sp³-hybridized carbons (Fsp3) is 0.364. The number of hydrogen-bond donors (Lipinski definition) is 3. The molecule has 1 aliphatic rings. The van der Waals surface area contributed by atoms with E-state index in [-0.39, 0.29) is 29.0 Å². The Labute approximate surface area is 177 Å². The largest absolute Gasteiger partial charge is 0.326 e. The number of sulfonamides is 1. The van der Waals surface area contributed by atoms with E-state index in [2.05, 4.69) is 15.4 Å². The molecule has 0 fully saturated rings. The van der Waals surface area contributed by atoms with Crippen molar-refractivity contribution >= 4 is 33.2 Å². The van der Waals surface area contributed by atoms with Crippen molar-refractivity contribution < 1.29 is 18.0 Å². The minimum atomic E-state index is -3.70. The first-order chi connectivity index (χ1) is 14.0. The third-order valence-electron chi connectivity index (χ3n) is 4.70. The van der Waals surface area contributed by atoms with Crippen LogP contribution in [0.2, 0.25) is 0 Å². The smallest absolute Gasteiger partial charge is 0.241 e. The normalized spacial score (nSPS) is 16.5. The molecule has 160 valence electrons. The molecule has 2 aromatic rings. The molecule has 8 heteroatoms. The monoisotopic (exact) mass is 429 g/mol. The van der Waals surface area contributed by atoms with Gasteiger partial charge in [-0.2, -0.15) is 0 Å². The summed E-state index contributed by atoms with van der Waals surface area (Å²) in [6.07, 6.45) is 1.18. The van der Waals surface area contributed by atoms with Crippen molar-refractivity contribution in [2.45, 2.75) is 50.5 Å². The maximum Gasteiger partial charge on any atom is 0.241 e. The van der Waals surface area contributed by atoms with Crippen molar-refractivity contribution in [3.8, 4) is 0 Å². The molecule has 1 atom stereocenters. The lowest BCUT2D eigenvalue weighted by atomic mass is 9.89. The molecule has 0 saturated carbocycles. The van der Waals surface area contributed by atoms with E-state index in [1.165, 1.54) is 12.1 Å². The van der Waals surface area contributed by atoms with Crippen LogP contribution in [0.1, 0.15) is 39.2 Å². The zero-order chi connectivity index (χ0) is 21.9. The molecular weight excluding hydrogens is 402 g/mol. The van der Waals surface area contributed by atoms with Crippen LogP contribution < -0.4 is 15.4 Å². The quantitative estimate of drug-likeness (QED) is 0.655. The van der Waals surface area contributed by atoms with E-state index in [0.717, 1.165) is 11.3 Å². The summed E-state index contributed by atoms with van der Waals surface area (Å²) >= 11 is 0. The fourth-order valence-corrected chi connectivity index (χ4v) is 4.84. The lowest BCUT2D eigenvalue weighted by Gasteiger charge is -2.24. The second kappa shape index (κ2) is 8.57. The van der Waals surface area contributed by atoms with E-state index in [1.54, 1.807) is 32.9 Å². The summed E-state index contributed by atoms with van der Waals surface area (Å²) in [6.45, 7) is 5.28. The molecule has 2 amide bonds. The molecule has 7 nitrogen and oxygen atoms in total. The summed E-state index contributed by atoms with van der Waals surface area (Å²) in [7, 11) is -3.70. The highest BCUT2D eigenvalue weighted by Crippen LogP contribution is 2.27. The number of benzene rings is 2. The Kier molecular flexibility index (Phi) is 6.28. The molecule has 1 aliphatic heterocycles. The van der Waals surface area contributed by atoms with E-state index >= 15 is 0 Å². The molecule has 0 aromatic heterocycles. The van der Waals surface area contributed by atoms with Gasteiger partial charge >= 0.3 is 0 Å². The molecular formula is C22H27N3O4S. The Morgan fingerprint density at radius 1 is 1.13 bits per heavy atom. The number of para-hydroxylation sites is 1. The maximum atomic E-state index is 12.5. The van der Waals surface area contributed by atoms with Crippen molar-refractivity contribution in [1.29, 1.82) is 0 Å². The molecule has 0 spiro atoms. The number of anilines is 2. The summed E-state index contributed by atoms with van der Waals surface area (Å²) in [5.74, 6) is -0.615. The van der Waals surface area contributed by atoms with Crippen molar-refractivity contribution in [3.05, 3.63) is 54.1 Å². The summed E-state index contributed by atoms with van der Waals surface area (Å²) in [5.41, 5.74) is 1.67. The van der Waals surface area contributed by atoms with Crippen LogP contribution in [0, 0.1) is 5.92 Å². The van der Waals surface area contributed by atoms with Gasteiger partial charge in [0.2, 0.25) is 21.8 Å². The van der Waals surface area contributed by atoms with Gasteiger partial charge in [0, 0.05) is 29.3 Å². The number of amides is 2. The van der Waals surface area contributed by atoms with Crippen LogP contribution in [0.5, 0.6) is 0 Å².